The standard InChI is InChI=1S/C13H18ClNO/c1-8(2)15-7-10(9(3)16)13-11(14)5-4-6-12(13)15/h4-6,8-10,16H,7H2,1-3H3. The lowest BCUT2D eigenvalue weighted by Crippen LogP contribution is -2.31. The molecule has 88 valence electrons. The second-order valence-corrected chi connectivity index (χ2v) is 5.17. The fourth-order valence-electron chi connectivity index (χ4n) is 2.43. The van der Waals surface area contributed by atoms with E-state index in [9.17, 15) is 5.11 Å². The monoisotopic (exact) mass is 239 g/mol. The number of aliphatic hydroxyl groups is 1. The molecule has 0 amide bonds. The number of benzene rings is 1. The number of hydrogen-bond donors (Lipinski definition) is 1. The molecule has 0 aromatic heterocycles. The van der Waals surface area contributed by atoms with Gasteiger partial charge in [0.2, 0.25) is 0 Å². The summed E-state index contributed by atoms with van der Waals surface area (Å²) < 4.78 is 0. The van der Waals surface area contributed by atoms with Crippen LogP contribution in [0.25, 0.3) is 0 Å². The van der Waals surface area contributed by atoms with Crippen LogP contribution in [0.4, 0.5) is 5.69 Å². The first-order valence-electron chi connectivity index (χ1n) is 5.75. The van der Waals surface area contributed by atoms with Crippen LogP contribution in [0.5, 0.6) is 0 Å². The van der Waals surface area contributed by atoms with E-state index in [1.54, 1.807) is 0 Å². The van der Waals surface area contributed by atoms with Gasteiger partial charge in [0.25, 0.3) is 0 Å². The molecule has 0 spiro atoms. The van der Waals surface area contributed by atoms with Gasteiger partial charge in [-0.25, -0.2) is 0 Å². The lowest BCUT2D eigenvalue weighted by Gasteiger charge is -2.24. The predicted octanol–water partition coefficient (Wildman–Crippen LogP) is 3.03. The summed E-state index contributed by atoms with van der Waals surface area (Å²) in [6.45, 7) is 7.01. The fourth-order valence-corrected chi connectivity index (χ4v) is 2.74. The predicted molar refractivity (Wildman–Crippen MR) is 68.4 cm³/mol. The molecule has 2 atom stereocenters. The quantitative estimate of drug-likeness (QED) is 0.858. The molecular formula is C13H18ClNO. The van der Waals surface area contributed by atoms with Gasteiger partial charge < -0.3 is 10.0 Å². The molecule has 1 heterocycles. The first-order chi connectivity index (χ1) is 7.52. The number of nitrogens with zero attached hydrogens (tertiary/aromatic N) is 1. The van der Waals surface area contributed by atoms with Crippen LogP contribution in [0.15, 0.2) is 18.2 Å². The summed E-state index contributed by atoms with van der Waals surface area (Å²) in [5, 5.41) is 10.6. The Morgan fingerprint density at radius 1 is 1.38 bits per heavy atom. The molecule has 0 radical (unpaired) electrons. The molecule has 0 aliphatic carbocycles. The SMILES string of the molecule is CC(O)C1CN(C(C)C)c2cccc(Cl)c21. The van der Waals surface area contributed by atoms with Crippen molar-refractivity contribution in [2.75, 3.05) is 11.4 Å². The van der Waals surface area contributed by atoms with E-state index in [-0.39, 0.29) is 12.0 Å². The van der Waals surface area contributed by atoms with Crippen LogP contribution in [0.3, 0.4) is 0 Å². The maximum Gasteiger partial charge on any atom is 0.0598 e. The first kappa shape index (κ1) is 11.7. The van der Waals surface area contributed by atoms with Gasteiger partial charge >= 0.3 is 0 Å². The Kier molecular flexibility index (Phi) is 3.13. The summed E-state index contributed by atoms with van der Waals surface area (Å²) in [5.41, 5.74) is 2.28. The van der Waals surface area contributed by atoms with Crippen molar-refractivity contribution in [1.82, 2.24) is 0 Å². The van der Waals surface area contributed by atoms with E-state index in [1.807, 2.05) is 19.1 Å². The highest BCUT2D eigenvalue weighted by atomic mass is 35.5. The zero-order chi connectivity index (χ0) is 11.9. The average molecular weight is 240 g/mol. The molecule has 0 bridgehead atoms. The molecule has 1 aromatic carbocycles. The highest BCUT2D eigenvalue weighted by Gasteiger charge is 2.34. The number of aliphatic hydroxyl groups excluding tert-OH is 1. The Morgan fingerprint density at radius 3 is 2.62 bits per heavy atom. The molecule has 2 rings (SSSR count). The van der Waals surface area contributed by atoms with Crippen LogP contribution in [0.2, 0.25) is 5.02 Å². The van der Waals surface area contributed by atoms with Crippen molar-refractivity contribution in [3.8, 4) is 0 Å². The summed E-state index contributed by atoms with van der Waals surface area (Å²) in [4.78, 5) is 2.30. The average Bonchev–Trinajstić information content (AvgIpc) is 2.58. The lowest BCUT2D eigenvalue weighted by atomic mass is 9.96. The number of rotatable bonds is 2. The van der Waals surface area contributed by atoms with E-state index >= 15 is 0 Å². The lowest BCUT2D eigenvalue weighted by molar-refractivity contribution is 0.167. The maximum absolute atomic E-state index is 9.84. The first-order valence-corrected chi connectivity index (χ1v) is 6.13. The minimum absolute atomic E-state index is 0.131. The van der Waals surface area contributed by atoms with Gasteiger partial charge in [0.05, 0.1) is 6.10 Å². The molecule has 0 saturated heterocycles. The van der Waals surface area contributed by atoms with Gasteiger partial charge in [0.1, 0.15) is 0 Å². The number of fused-ring (bicyclic) bond motifs is 1. The van der Waals surface area contributed by atoms with Crippen molar-refractivity contribution in [2.24, 2.45) is 0 Å². The summed E-state index contributed by atoms with van der Waals surface area (Å²) in [7, 11) is 0. The zero-order valence-corrected chi connectivity index (χ0v) is 10.7. The molecule has 2 nitrogen and oxygen atoms in total. The van der Waals surface area contributed by atoms with Crippen LogP contribution in [0, 0.1) is 0 Å². The van der Waals surface area contributed by atoms with Crippen LogP contribution < -0.4 is 4.90 Å². The van der Waals surface area contributed by atoms with Gasteiger partial charge in [-0.05, 0) is 32.9 Å². The van der Waals surface area contributed by atoms with E-state index in [2.05, 4.69) is 24.8 Å². The van der Waals surface area contributed by atoms with E-state index in [0.717, 1.165) is 17.1 Å². The van der Waals surface area contributed by atoms with Gasteiger partial charge in [-0.15, -0.1) is 0 Å². The third kappa shape index (κ3) is 1.80. The molecule has 0 saturated carbocycles. The van der Waals surface area contributed by atoms with Crippen molar-refractivity contribution < 1.29 is 5.11 Å². The van der Waals surface area contributed by atoms with Crippen molar-refractivity contribution >= 4 is 17.3 Å². The van der Waals surface area contributed by atoms with Gasteiger partial charge in [0.15, 0.2) is 0 Å². The van der Waals surface area contributed by atoms with Gasteiger partial charge in [-0.3, -0.25) is 0 Å². The molecule has 0 fully saturated rings. The van der Waals surface area contributed by atoms with Crippen LogP contribution >= 0.6 is 11.6 Å². The van der Waals surface area contributed by atoms with Crippen molar-refractivity contribution in [1.29, 1.82) is 0 Å². The Bertz CT molecular complexity index is 390. The van der Waals surface area contributed by atoms with E-state index in [4.69, 9.17) is 11.6 Å². The topological polar surface area (TPSA) is 23.5 Å². The van der Waals surface area contributed by atoms with E-state index in [1.165, 1.54) is 5.69 Å². The largest absolute Gasteiger partial charge is 0.393 e. The smallest absolute Gasteiger partial charge is 0.0598 e. The fraction of sp³-hybridized carbons (Fsp3) is 0.538. The van der Waals surface area contributed by atoms with Crippen molar-refractivity contribution in [3.63, 3.8) is 0 Å². The summed E-state index contributed by atoms with van der Waals surface area (Å²) >= 11 is 6.24. The number of hydrogen-bond acceptors (Lipinski definition) is 2. The second-order valence-electron chi connectivity index (χ2n) is 4.77. The molecule has 16 heavy (non-hydrogen) atoms. The summed E-state index contributed by atoms with van der Waals surface area (Å²) in [6.07, 6.45) is -0.359. The van der Waals surface area contributed by atoms with Crippen LogP contribution in [-0.4, -0.2) is 23.8 Å². The normalized spacial score (nSPS) is 21.4. The Morgan fingerprint density at radius 2 is 2.06 bits per heavy atom. The number of halogens is 1. The zero-order valence-electron chi connectivity index (χ0n) is 9.94. The third-order valence-electron chi connectivity index (χ3n) is 3.31. The minimum atomic E-state index is -0.359. The molecule has 1 aromatic rings. The highest BCUT2D eigenvalue weighted by Crippen LogP contribution is 2.42. The second kappa shape index (κ2) is 4.27. The summed E-state index contributed by atoms with van der Waals surface area (Å²) in [5.74, 6) is 0.131. The third-order valence-corrected chi connectivity index (χ3v) is 3.64. The van der Waals surface area contributed by atoms with Gasteiger partial charge in [-0.1, -0.05) is 17.7 Å². The van der Waals surface area contributed by atoms with Crippen molar-refractivity contribution in [2.45, 2.75) is 38.8 Å². The number of anilines is 1. The van der Waals surface area contributed by atoms with E-state index < -0.39 is 0 Å². The molecule has 2 unspecified atom stereocenters. The van der Waals surface area contributed by atoms with Crippen LogP contribution in [-0.2, 0) is 0 Å². The molecule has 1 N–H and O–H groups in total. The van der Waals surface area contributed by atoms with Crippen molar-refractivity contribution in [3.05, 3.63) is 28.8 Å². The maximum atomic E-state index is 9.84. The molecule has 1 aliphatic rings. The minimum Gasteiger partial charge on any atom is -0.393 e. The summed E-state index contributed by atoms with van der Waals surface area (Å²) in [6, 6.07) is 6.39. The molecular weight excluding hydrogens is 222 g/mol. The van der Waals surface area contributed by atoms with Gasteiger partial charge in [-0.2, -0.15) is 0 Å². The van der Waals surface area contributed by atoms with Gasteiger partial charge in [0, 0.05) is 34.8 Å². The Hall–Kier alpha value is -0.730. The Labute approximate surface area is 102 Å². The molecule has 3 heteroatoms. The highest BCUT2D eigenvalue weighted by molar-refractivity contribution is 6.32. The van der Waals surface area contributed by atoms with E-state index in [0.29, 0.717) is 6.04 Å². The van der Waals surface area contributed by atoms with Crippen LogP contribution in [0.1, 0.15) is 32.3 Å². The molecule has 1 aliphatic heterocycles. The Balaban J connectivity index is 2.49.